The minimum Gasteiger partial charge on any atom is -0.459 e. The molecular weight excluding hydrogens is 378 g/mol. The lowest BCUT2D eigenvalue weighted by molar-refractivity contribution is -0.157. The van der Waals surface area contributed by atoms with Crippen molar-refractivity contribution in [2.45, 2.75) is 45.4 Å². The monoisotopic (exact) mass is 405 g/mol. The molecule has 0 radical (unpaired) electrons. The number of ether oxygens (including phenoxy) is 1. The largest absolute Gasteiger partial charge is 0.459 e. The summed E-state index contributed by atoms with van der Waals surface area (Å²) >= 11 is 0. The fraction of sp³-hybridized carbons (Fsp3) is 0.381. The van der Waals surface area contributed by atoms with E-state index in [-0.39, 0.29) is 11.7 Å². The molecule has 7 heteroatoms. The average Bonchev–Trinajstić information content (AvgIpc) is 2.56. The molecule has 0 saturated heterocycles. The minimum absolute atomic E-state index is 0.214. The van der Waals surface area contributed by atoms with E-state index in [1.807, 2.05) is 57.2 Å². The molecule has 0 aliphatic rings. The minimum atomic E-state index is -3.62. The first-order valence-electron chi connectivity index (χ1n) is 9.00. The van der Waals surface area contributed by atoms with Gasteiger partial charge in [0, 0.05) is 6.54 Å². The van der Waals surface area contributed by atoms with E-state index >= 15 is 0 Å². The van der Waals surface area contributed by atoms with Crippen molar-refractivity contribution in [1.29, 1.82) is 0 Å². The Morgan fingerprint density at radius 1 is 1.04 bits per heavy atom. The summed E-state index contributed by atoms with van der Waals surface area (Å²) in [6.45, 7) is 5.96. The maximum Gasteiger partial charge on any atom is 0.324 e. The third-order valence-electron chi connectivity index (χ3n) is 3.67. The van der Waals surface area contributed by atoms with Crippen molar-refractivity contribution in [1.82, 2.24) is 5.32 Å². The Labute approximate surface area is 167 Å². The molecule has 0 amide bonds. The van der Waals surface area contributed by atoms with Crippen LogP contribution in [0.2, 0.25) is 0 Å². The van der Waals surface area contributed by atoms with Gasteiger partial charge in [-0.2, -0.15) is 8.42 Å². The van der Waals surface area contributed by atoms with Crippen molar-refractivity contribution in [3.63, 3.8) is 0 Å². The lowest BCUT2D eigenvalue weighted by atomic mass is 10.0. The van der Waals surface area contributed by atoms with Crippen LogP contribution in [0.1, 0.15) is 31.9 Å². The zero-order chi connectivity index (χ0) is 20.8. The van der Waals surface area contributed by atoms with E-state index in [4.69, 9.17) is 8.92 Å². The van der Waals surface area contributed by atoms with E-state index < -0.39 is 21.8 Å². The fourth-order valence-corrected chi connectivity index (χ4v) is 3.04. The van der Waals surface area contributed by atoms with Gasteiger partial charge in [-0.25, -0.2) is 0 Å². The molecule has 0 saturated carbocycles. The van der Waals surface area contributed by atoms with Crippen molar-refractivity contribution in [3.8, 4) is 5.75 Å². The molecule has 1 N–H and O–H groups in total. The van der Waals surface area contributed by atoms with Crippen molar-refractivity contribution in [2.24, 2.45) is 0 Å². The molecule has 0 aliphatic heterocycles. The van der Waals surface area contributed by atoms with Crippen LogP contribution in [0.15, 0.2) is 54.6 Å². The van der Waals surface area contributed by atoms with Gasteiger partial charge in [0.15, 0.2) is 0 Å². The maximum atomic E-state index is 12.7. The van der Waals surface area contributed by atoms with Gasteiger partial charge >= 0.3 is 16.1 Å². The van der Waals surface area contributed by atoms with E-state index in [0.717, 1.165) is 17.4 Å². The standard InChI is InChI=1S/C21H27NO5S/c1-21(2,3)26-20(23)19(22-15-16-9-6-5-7-10-16)14-17-11-8-12-18(13-17)27-28(4,24)25/h5-13,19,22H,14-15H2,1-4H3/t19-/m0/s1. The lowest BCUT2D eigenvalue weighted by Gasteiger charge is -2.25. The number of esters is 1. The fourth-order valence-electron chi connectivity index (χ4n) is 2.58. The number of benzene rings is 2. The quantitative estimate of drug-likeness (QED) is 0.537. The van der Waals surface area contributed by atoms with Gasteiger partial charge in [0.2, 0.25) is 0 Å². The van der Waals surface area contributed by atoms with Gasteiger partial charge in [-0.1, -0.05) is 42.5 Å². The van der Waals surface area contributed by atoms with Crippen molar-refractivity contribution >= 4 is 16.1 Å². The summed E-state index contributed by atoms with van der Waals surface area (Å²) in [5.41, 5.74) is 1.20. The average molecular weight is 406 g/mol. The number of hydrogen-bond donors (Lipinski definition) is 1. The van der Waals surface area contributed by atoms with Crippen LogP contribution in [-0.4, -0.2) is 32.3 Å². The first-order valence-corrected chi connectivity index (χ1v) is 10.8. The van der Waals surface area contributed by atoms with Gasteiger partial charge in [-0.3, -0.25) is 4.79 Å². The Morgan fingerprint density at radius 3 is 2.29 bits per heavy atom. The van der Waals surface area contributed by atoms with Gasteiger partial charge in [-0.05, 0) is 50.5 Å². The molecule has 28 heavy (non-hydrogen) atoms. The molecule has 0 heterocycles. The van der Waals surface area contributed by atoms with Gasteiger partial charge in [0.1, 0.15) is 17.4 Å². The topological polar surface area (TPSA) is 81.7 Å². The molecule has 2 aromatic rings. The van der Waals surface area contributed by atoms with Crippen LogP contribution in [0.25, 0.3) is 0 Å². The van der Waals surface area contributed by atoms with Gasteiger partial charge in [0.05, 0.1) is 6.26 Å². The van der Waals surface area contributed by atoms with E-state index in [9.17, 15) is 13.2 Å². The second-order valence-electron chi connectivity index (χ2n) is 7.59. The molecule has 0 bridgehead atoms. The summed E-state index contributed by atoms with van der Waals surface area (Å²) in [5, 5.41) is 3.24. The first kappa shape index (κ1) is 21.9. The van der Waals surface area contributed by atoms with E-state index in [1.54, 1.807) is 18.2 Å². The Bertz CT molecular complexity index is 889. The van der Waals surface area contributed by atoms with Crippen molar-refractivity contribution in [2.75, 3.05) is 6.26 Å². The van der Waals surface area contributed by atoms with E-state index in [2.05, 4.69) is 5.32 Å². The van der Waals surface area contributed by atoms with Gasteiger partial charge < -0.3 is 14.2 Å². The molecule has 6 nitrogen and oxygen atoms in total. The first-order chi connectivity index (χ1) is 13.0. The molecule has 0 spiro atoms. The highest BCUT2D eigenvalue weighted by Gasteiger charge is 2.25. The van der Waals surface area contributed by atoms with Crippen molar-refractivity contribution < 1.29 is 22.1 Å². The normalized spacial score (nSPS) is 13.0. The summed E-state index contributed by atoms with van der Waals surface area (Å²) in [7, 11) is -3.62. The van der Waals surface area contributed by atoms with Crippen LogP contribution in [-0.2, 0) is 32.6 Å². The Balaban J connectivity index is 2.16. The Hall–Kier alpha value is -2.38. The highest BCUT2D eigenvalue weighted by molar-refractivity contribution is 7.86. The highest BCUT2D eigenvalue weighted by Crippen LogP contribution is 2.18. The Kier molecular flexibility index (Phi) is 7.21. The molecule has 0 aromatic heterocycles. The van der Waals surface area contributed by atoms with Crippen LogP contribution >= 0.6 is 0 Å². The molecule has 2 rings (SSSR count). The third kappa shape index (κ3) is 8.10. The maximum absolute atomic E-state index is 12.7. The van der Waals surface area contributed by atoms with E-state index in [1.165, 1.54) is 0 Å². The lowest BCUT2D eigenvalue weighted by Crippen LogP contribution is -2.42. The van der Waals surface area contributed by atoms with Gasteiger partial charge in [0.25, 0.3) is 0 Å². The SMILES string of the molecule is CC(C)(C)OC(=O)[C@H](Cc1cccc(OS(C)(=O)=O)c1)NCc1ccccc1. The number of carbonyl (C=O) groups excluding carboxylic acids is 1. The second kappa shape index (κ2) is 9.21. The molecule has 0 aliphatic carbocycles. The number of rotatable bonds is 8. The molecular formula is C21H27NO5S. The van der Waals surface area contributed by atoms with Crippen LogP contribution in [0.5, 0.6) is 5.75 Å². The molecule has 2 aromatic carbocycles. The molecule has 0 fully saturated rings. The highest BCUT2D eigenvalue weighted by atomic mass is 32.2. The zero-order valence-corrected chi connectivity index (χ0v) is 17.5. The summed E-state index contributed by atoms with van der Waals surface area (Å²) in [5.74, 6) is -0.149. The number of nitrogens with one attached hydrogen (secondary N) is 1. The van der Waals surface area contributed by atoms with Crippen LogP contribution in [0, 0.1) is 0 Å². The zero-order valence-electron chi connectivity index (χ0n) is 16.6. The molecule has 0 unspecified atom stereocenters. The summed E-state index contributed by atoms with van der Waals surface area (Å²) in [6, 6.07) is 15.8. The predicted molar refractivity (Wildman–Crippen MR) is 109 cm³/mol. The van der Waals surface area contributed by atoms with Crippen molar-refractivity contribution in [3.05, 3.63) is 65.7 Å². The smallest absolute Gasteiger partial charge is 0.324 e. The molecule has 152 valence electrons. The Morgan fingerprint density at radius 2 is 1.68 bits per heavy atom. The van der Waals surface area contributed by atoms with Crippen LogP contribution in [0.4, 0.5) is 0 Å². The van der Waals surface area contributed by atoms with Crippen LogP contribution < -0.4 is 9.50 Å². The summed E-state index contributed by atoms with van der Waals surface area (Å²) in [6.07, 6.45) is 1.33. The predicted octanol–water partition coefficient (Wildman–Crippen LogP) is 3.07. The van der Waals surface area contributed by atoms with E-state index in [0.29, 0.717) is 13.0 Å². The molecule has 1 atom stereocenters. The number of carbonyl (C=O) groups is 1. The van der Waals surface area contributed by atoms with Crippen LogP contribution in [0.3, 0.4) is 0 Å². The summed E-state index contributed by atoms with van der Waals surface area (Å²) < 4.78 is 33.2. The third-order valence-corrected chi connectivity index (χ3v) is 4.17. The number of hydrogen-bond acceptors (Lipinski definition) is 6. The van der Waals surface area contributed by atoms with Gasteiger partial charge in [-0.15, -0.1) is 0 Å². The second-order valence-corrected chi connectivity index (χ2v) is 9.17. The summed E-state index contributed by atoms with van der Waals surface area (Å²) in [4.78, 5) is 12.7.